The van der Waals surface area contributed by atoms with Gasteiger partial charge in [-0.05, 0) is 98.2 Å². The van der Waals surface area contributed by atoms with Crippen molar-refractivity contribution in [2.24, 2.45) is 16.2 Å². The van der Waals surface area contributed by atoms with Gasteiger partial charge in [-0.1, -0.05) is 37.4 Å². The van der Waals surface area contributed by atoms with Gasteiger partial charge in [0.1, 0.15) is 15.7 Å². The highest BCUT2D eigenvalue weighted by atomic mass is 35.5. The lowest BCUT2D eigenvalue weighted by atomic mass is 9.68. The van der Waals surface area contributed by atoms with Gasteiger partial charge in [-0.3, -0.25) is 14.3 Å². The number of methoxy groups -OCH3 is 1. The summed E-state index contributed by atoms with van der Waals surface area (Å²) in [5.41, 5.74) is 3.57. The van der Waals surface area contributed by atoms with Crippen LogP contribution in [0.4, 0.5) is 5.69 Å². The molecule has 238 valence electrons. The van der Waals surface area contributed by atoms with Gasteiger partial charge in [0.2, 0.25) is 5.91 Å². The molecule has 0 unspecified atom stereocenters. The first-order valence-corrected chi connectivity index (χ1v) is 18.2. The SMILES string of the molecule is CCC(=O)N[S@]1(=O)=NC(=O)c2ccc3c(c2)N(C[C@@H]2CC[C@H]2[C@@H](OC)CCCCC1)C[C@@]1(CCCc2cc(Cl)ccc21)CO3. The van der Waals surface area contributed by atoms with Crippen molar-refractivity contribution in [3.05, 3.63) is 58.1 Å². The molecule has 1 fully saturated rings. The van der Waals surface area contributed by atoms with Crippen molar-refractivity contribution in [1.29, 1.82) is 0 Å². The number of nitrogens with one attached hydrogen (secondary N) is 1. The van der Waals surface area contributed by atoms with Gasteiger partial charge in [-0.25, -0.2) is 4.21 Å². The van der Waals surface area contributed by atoms with Gasteiger partial charge in [0, 0.05) is 42.6 Å². The smallest absolute Gasteiger partial charge is 0.286 e. The Hall–Kier alpha value is -2.62. The van der Waals surface area contributed by atoms with Crippen LogP contribution in [0.25, 0.3) is 0 Å². The molecule has 1 N–H and O–H groups in total. The first kappa shape index (κ1) is 31.4. The highest BCUT2D eigenvalue weighted by molar-refractivity contribution is 7.92. The first-order valence-electron chi connectivity index (χ1n) is 16.2. The van der Waals surface area contributed by atoms with E-state index in [4.69, 9.17) is 21.1 Å². The monoisotopic (exact) mass is 641 g/mol. The van der Waals surface area contributed by atoms with Crippen molar-refractivity contribution in [1.82, 2.24) is 4.72 Å². The normalized spacial score (nSPS) is 30.6. The molecule has 6 rings (SSSR count). The molecule has 44 heavy (non-hydrogen) atoms. The molecule has 10 heteroatoms. The number of rotatable bonds is 3. The number of hydrogen-bond acceptors (Lipinski definition) is 6. The van der Waals surface area contributed by atoms with Crippen molar-refractivity contribution in [3.8, 4) is 5.75 Å². The topological polar surface area (TPSA) is 97.3 Å². The lowest BCUT2D eigenvalue weighted by molar-refractivity contribution is -0.118. The molecule has 0 aromatic heterocycles. The summed E-state index contributed by atoms with van der Waals surface area (Å²) in [6.45, 7) is 3.83. The Kier molecular flexibility index (Phi) is 9.27. The van der Waals surface area contributed by atoms with Gasteiger partial charge in [0.15, 0.2) is 0 Å². The van der Waals surface area contributed by atoms with Gasteiger partial charge in [-0.15, -0.1) is 4.36 Å². The van der Waals surface area contributed by atoms with Crippen LogP contribution in [-0.4, -0.2) is 54.7 Å². The zero-order valence-electron chi connectivity index (χ0n) is 25.8. The van der Waals surface area contributed by atoms with Crippen molar-refractivity contribution in [3.63, 3.8) is 0 Å². The van der Waals surface area contributed by atoms with Crippen LogP contribution in [0.15, 0.2) is 40.8 Å². The summed E-state index contributed by atoms with van der Waals surface area (Å²) in [4.78, 5) is 28.3. The molecule has 0 saturated heterocycles. The summed E-state index contributed by atoms with van der Waals surface area (Å²) < 4.78 is 33.2. The Bertz CT molecular complexity index is 1540. The maximum Gasteiger partial charge on any atom is 0.286 e. The van der Waals surface area contributed by atoms with Crippen LogP contribution in [0.3, 0.4) is 0 Å². The number of amides is 2. The average molecular weight is 642 g/mol. The number of nitrogens with zero attached hydrogens (tertiary/aromatic N) is 2. The van der Waals surface area contributed by atoms with Crippen LogP contribution in [0.1, 0.15) is 86.2 Å². The molecule has 2 bridgehead atoms. The van der Waals surface area contributed by atoms with Crippen molar-refractivity contribution in [2.75, 3.05) is 37.5 Å². The predicted octanol–water partition coefficient (Wildman–Crippen LogP) is 6.48. The van der Waals surface area contributed by atoms with E-state index >= 15 is 0 Å². The summed E-state index contributed by atoms with van der Waals surface area (Å²) in [5.74, 6) is 0.842. The second kappa shape index (κ2) is 13.0. The third-order valence-corrected chi connectivity index (χ3v) is 12.3. The van der Waals surface area contributed by atoms with E-state index < -0.39 is 15.8 Å². The molecule has 2 aromatic rings. The minimum atomic E-state index is -3.27. The minimum Gasteiger partial charge on any atom is -0.490 e. The number of carbonyl (C=O) groups excluding carboxylic acids is 2. The molecule has 2 aliphatic carbocycles. The van der Waals surface area contributed by atoms with Gasteiger partial charge in [0.25, 0.3) is 5.91 Å². The van der Waals surface area contributed by atoms with Gasteiger partial charge < -0.3 is 14.4 Å². The summed E-state index contributed by atoms with van der Waals surface area (Å²) in [7, 11) is -1.45. The third-order valence-electron chi connectivity index (χ3n) is 10.2. The van der Waals surface area contributed by atoms with E-state index in [0.29, 0.717) is 30.4 Å². The Morgan fingerprint density at radius 1 is 1.16 bits per heavy atom. The third kappa shape index (κ3) is 6.38. The summed E-state index contributed by atoms with van der Waals surface area (Å²) in [5, 5.41) is 0.755. The molecule has 4 aliphatic rings. The number of hydrogen-bond donors (Lipinski definition) is 1. The standard InChI is InChI=1S/C34H44ClN3O5S/c1-3-32(39)36-44(41)17-6-4-5-9-30(42-2)27-13-10-25(27)20-38-21-34(16-7-8-23-18-26(35)12-14-28(23)34)22-43-31-15-11-24(19-29(31)38)33(40)37-44/h11-12,14-15,18-19,25,27,30H,3-10,13,16-17,20-22H2,1-2H3,(H,36,37,39,40,41)/t25-,27+,30-,34-,44-/m0/s1. The zero-order chi connectivity index (χ0) is 30.9. The number of aryl methyl sites for hydroxylation is 1. The van der Waals surface area contributed by atoms with E-state index in [0.717, 1.165) is 80.9 Å². The lowest BCUT2D eigenvalue weighted by Crippen LogP contribution is -2.49. The van der Waals surface area contributed by atoms with Gasteiger partial charge >= 0.3 is 0 Å². The van der Waals surface area contributed by atoms with Gasteiger partial charge in [0.05, 0.1) is 24.2 Å². The molecule has 2 amide bonds. The molecule has 2 heterocycles. The molecule has 2 aromatic carbocycles. The quantitative estimate of drug-likeness (QED) is 0.412. The number of ether oxygens (including phenoxy) is 2. The van der Waals surface area contributed by atoms with Crippen molar-refractivity contribution < 1.29 is 23.3 Å². The maximum absolute atomic E-state index is 13.8. The number of benzene rings is 2. The maximum atomic E-state index is 13.8. The second-order valence-corrected chi connectivity index (χ2v) is 15.5. The highest BCUT2D eigenvalue weighted by Gasteiger charge is 2.44. The average Bonchev–Trinajstić information content (AvgIpc) is 3.14. The Balaban J connectivity index is 1.43. The summed E-state index contributed by atoms with van der Waals surface area (Å²) >= 11 is 6.42. The molecule has 8 nitrogen and oxygen atoms in total. The number of anilines is 1. The Morgan fingerprint density at radius 3 is 2.80 bits per heavy atom. The molecule has 1 saturated carbocycles. The largest absolute Gasteiger partial charge is 0.490 e. The highest BCUT2D eigenvalue weighted by Crippen LogP contribution is 2.47. The molecule has 2 aliphatic heterocycles. The predicted molar refractivity (Wildman–Crippen MR) is 174 cm³/mol. The van der Waals surface area contributed by atoms with E-state index in [1.165, 1.54) is 11.1 Å². The molecular formula is C34H44ClN3O5S. The van der Waals surface area contributed by atoms with E-state index in [-0.39, 0.29) is 29.6 Å². The number of halogens is 1. The first-order chi connectivity index (χ1) is 21.2. The number of fused-ring (bicyclic) bond motifs is 4. The lowest BCUT2D eigenvalue weighted by Gasteiger charge is -2.46. The minimum absolute atomic E-state index is 0.139. The van der Waals surface area contributed by atoms with E-state index in [2.05, 4.69) is 26.1 Å². The Labute approximate surface area is 266 Å². The molecule has 1 spiro atoms. The summed E-state index contributed by atoms with van der Waals surface area (Å²) in [6.07, 6.45) is 8.95. The van der Waals surface area contributed by atoms with Crippen LogP contribution in [0, 0.1) is 11.8 Å². The zero-order valence-corrected chi connectivity index (χ0v) is 27.4. The van der Waals surface area contributed by atoms with Crippen LogP contribution in [0.2, 0.25) is 5.02 Å². The van der Waals surface area contributed by atoms with Crippen LogP contribution < -0.4 is 14.4 Å². The molecule has 5 atom stereocenters. The van der Waals surface area contributed by atoms with Crippen LogP contribution in [0.5, 0.6) is 5.75 Å². The van der Waals surface area contributed by atoms with E-state index in [1.807, 2.05) is 25.3 Å². The van der Waals surface area contributed by atoms with Gasteiger partial charge in [-0.2, -0.15) is 0 Å². The fourth-order valence-electron chi connectivity index (χ4n) is 7.72. The second-order valence-electron chi connectivity index (χ2n) is 13.0. The van der Waals surface area contributed by atoms with Crippen molar-refractivity contribution in [2.45, 2.75) is 82.7 Å². The van der Waals surface area contributed by atoms with E-state index in [1.54, 1.807) is 13.0 Å². The fraction of sp³-hybridized carbons (Fsp3) is 0.588. The summed E-state index contributed by atoms with van der Waals surface area (Å²) in [6, 6.07) is 11.7. The Morgan fingerprint density at radius 2 is 2.02 bits per heavy atom. The fourth-order valence-corrected chi connectivity index (χ4v) is 9.63. The van der Waals surface area contributed by atoms with Crippen molar-refractivity contribution >= 4 is 39.0 Å². The van der Waals surface area contributed by atoms with Crippen LogP contribution in [-0.2, 0) is 31.3 Å². The van der Waals surface area contributed by atoms with E-state index in [9.17, 15) is 13.8 Å². The van der Waals surface area contributed by atoms with Crippen LogP contribution >= 0.6 is 11.6 Å². The molecular weight excluding hydrogens is 598 g/mol. The number of carbonyl (C=O) groups is 2. The molecule has 0 radical (unpaired) electrons.